The van der Waals surface area contributed by atoms with Crippen molar-refractivity contribution in [3.8, 4) is 0 Å². The molecule has 3 nitrogen and oxygen atoms in total. The Morgan fingerprint density at radius 2 is 2.19 bits per heavy atom. The second kappa shape index (κ2) is 5.99. The summed E-state index contributed by atoms with van der Waals surface area (Å²) in [4.78, 5) is 4.97. The molecule has 1 unspecified atom stereocenters. The molecule has 1 saturated heterocycles. The van der Waals surface area contributed by atoms with Crippen molar-refractivity contribution < 1.29 is 0 Å². The maximum Gasteiger partial charge on any atom is 0.0207 e. The summed E-state index contributed by atoms with van der Waals surface area (Å²) in [5, 5.41) is 3.62. The lowest BCUT2D eigenvalue weighted by molar-refractivity contribution is 0.181. The van der Waals surface area contributed by atoms with Crippen LogP contribution in [0, 0.1) is 5.92 Å². The Labute approximate surface area is 100 Å². The molecule has 0 aromatic rings. The van der Waals surface area contributed by atoms with Gasteiger partial charge >= 0.3 is 0 Å². The molecule has 0 radical (unpaired) electrons. The molecular weight excluding hydrogens is 198 g/mol. The van der Waals surface area contributed by atoms with Crippen LogP contribution >= 0.6 is 0 Å². The lowest BCUT2D eigenvalue weighted by Crippen LogP contribution is -2.50. The van der Waals surface area contributed by atoms with E-state index in [0.29, 0.717) is 6.04 Å². The van der Waals surface area contributed by atoms with Gasteiger partial charge in [0.25, 0.3) is 0 Å². The van der Waals surface area contributed by atoms with Crippen molar-refractivity contribution in [2.75, 3.05) is 46.8 Å². The number of nitrogens with one attached hydrogen (secondary N) is 1. The van der Waals surface area contributed by atoms with Gasteiger partial charge in [0.2, 0.25) is 0 Å². The van der Waals surface area contributed by atoms with E-state index < -0.39 is 0 Å². The number of rotatable bonds is 5. The summed E-state index contributed by atoms with van der Waals surface area (Å²) in [6.45, 7) is 6.16. The van der Waals surface area contributed by atoms with Gasteiger partial charge in [0, 0.05) is 32.2 Å². The quantitative estimate of drug-likeness (QED) is 0.753. The number of likely N-dealkylation sites (N-methyl/N-ethyl adjacent to an activating group) is 1. The molecule has 0 amide bonds. The van der Waals surface area contributed by atoms with Crippen molar-refractivity contribution in [1.82, 2.24) is 15.1 Å². The molecule has 1 saturated carbocycles. The zero-order valence-corrected chi connectivity index (χ0v) is 10.9. The molecule has 2 fully saturated rings. The van der Waals surface area contributed by atoms with Crippen molar-refractivity contribution in [3.63, 3.8) is 0 Å². The van der Waals surface area contributed by atoms with E-state index in [0.717, 1.165) is 12.5 Å². The Bertz CT molecular complexity index is 203. The van der Waals surface area contributed by atoms with E-state index in [1.807, 2.05) is 0 Å². The molecule has 3 heteroatoms. The lowest BCUT2D eigenvalue weighted by atomic mass is 9.85. The van der Waals surface area contributed by atoms with Crippen LogP contribution in [-0.2, 0) is 0 Å². The SMILES string of the molecule is CN(CCC1CN(C)CCN1)CC1CCC1. The Kier molecular flexibility index (Phi) is 4.62. The van der Waals surface area contributed by atoms with E-state index in [1.54, 1.807) is 0 Å². The molecule has 1 aliphatic carbocycles. The lowest BCUT2D eigenvalue weighted by Gasteiger charge is -2.33. The molecule has 1 atom stereocenters. The summed E-state index contributed by atoms with van der Waals surface area (Å²) < 4.78 is 0. The van der Waals surface area contributed by atoms with Crippen molar-refractivity contribution >= 4 is 0 Å². The molecule has 0 bridgehead atoms. The van der Waals surface area contributed by atoms with E-state index in [9.17, 15) is 0 Å². The molecule has 2 aliphatic rings. The molecule has 0 aromatic heterocycles. The van der Waals surface area contributed by atoms with Crippen LogP contribution in [0.25, 0.3) is 0 Å². The van der Waals surface area contributed by atoms with Crippen LogP contribution < -0.4 is 5.32 Å². The normalized spacial score (nSPS) is 28.3. The van der Waals surface area contributed by atoms with Gasteiger partial charge in [-0.25, -0.2) is 0 Å². The zero-order chi connectivity index (χ0) is 11.4. The van der Waals surface area contributed by atoms with Crippen LogP contribution in [0.5, 0.6) is 0 Å². The third-order valence-corrected chi connectivity index (χ3v) is 4.11. The molecule has 16 heavy (non-hydrogen) atoms. The molecular formula is C13H27N3. The highest BCUT2D eigenvalue weighted by Crippen LogP contribution is 2.26. The van der Waals surface area contributed by atoms with Gasteiger partial charge < -0.3 is 15.1 Å². The average molecular weight is 225 g/mol. The van der Waals surface area contributed by atoms with Crippen LogP contribution in [0.2, 0.25) is 0 Å². The summed E-state index contributed by atoms with van der Waals surface area (Å²) in [5.41, 5.74) is 0. The highest BCUT2D eigenvalue weighted by atomic mass is 15.2. The molecule has 0 aromatic carbocycles. The molecule has 0 spiro atoms. The molecule has 94 valence electrons. The van der Waals surface area contributed by atoms with Gasteiger partial charge in [-0.3, -0.25) is 0 Å². The maximum absolute atomic E-state index is 3.62. The van der Waals surface area contributed by atoms with Crippen LogP contribution in [0.15, 0.2) is 0 Å². The first kappa shape index (κ1) is 12.3. The Hall–Kier alpha value is -0.120. The van der Waals surface area contributed by atoms with E-state index in [1.165, 1.54) is 51.9 Å². The Morgan fingerprint density at radius 1 is 1.38 bits per heavy atom. The van der Waals surface area contributed by atoms with Gasteiger partial charge in [0.15, 0.2) is 0 Å². The summed E-state index contributed by atoms with van der Waals surface area (Å²) in [7, 11) is 4.51. The van der Waals surface area contributed by atoms with Crippen LogP contribution in [0.1, 0.15) is 25.7 Å². The Balaban J connectivity index is 1.58. The van der Waals surface area contributed by atoms with Gasteiger partial charge in [-0.1, -0.05) is 6.42 Å². The fourth-order valence-corrected chi connectivity index (χ4v) is 2.77. The van der Waals surface area contributed by atoms with Crippen molar-refractivity contribution in [2.45, 2.75) is 31.7 Å². The molecule has 2 rings (SSSR count). The smallest absolute Gasteiger partial charge is 0.0207 e. The first-order valence-electron chi connectivity index (χ1n) is 6.84. The summed E-state index contributed by atoms with van der Waals surface area (Å²) in [6, 6.07) is 0.711. The van der Waals surface area contributed by atoms with Gasteiger partial charge in [-0.15, -0.1) is 0 Å². The van der Waals surface area contributed by atoms with Crippen molar-refractivity contribution in [1.29, 1.82) is 0 Å². The van der Waals surface area contributed by atoms with Crippen LogP contribution in [0.3, 0.4) is 0 Å². The van der Waals surface area contributed by atoms with Crippen molar-refractivity contribution in [2.24, 2.45) is 5.92 Å². The highest BCUT2D eigenvalue weighted by molar-refractivity contribution is 4.78. The fraction of sp³-hybridized carbons (Fsp3) is 1.00. The fourth-order valence-electron chi connectivity index (χ4n) is 2.77. The van der Waals surface area contributed by atoms with E-state index in [-0.39, 0.29) is 0 Å². The predicted octanol–water partition coefficient (Wildman–Crippen LogP) is 1.01. The third kappa shape index (κ3) is 3.72. The first-order chi connectivity index (χ1) is 7.74. The second-order valence-electron chi connectivity index (χ2n) is 5.76. The molecule has 1 heterocycles. The second-order valence-corrected chi connectivity index (χ2v) is 5.76. The minimum absolute atomic E-state index is 0.711. The monoisotopic (exact) mass is 225 g/mol. The van der Waals surface area contributed by atoms with Gasteiger partial charge in [0.05, 0.1) is 0 Å². The average Bonchev–Trinajstić information content (AvgIpc) is 2.21. The largest absolute Gasteiger partial charge is 0.311 e. The standard InChI is InChI=1S/C13H27N3/c1-15(10-12-4-3-5-12)8-6-13-11-16(2)9-7-14-13/h12-14H,3-11H2,1-2H3. The number of nitrogens with zero attached hydrogens (tertiary/aromatic N) is 2. The van der Waals surface area contributed by atoms with Gasteiger partial charge in [-0.05, 0) is 45.8 Å². The zero-order valence-electron chi connectivity index (χ0n) is 10.9. The summed E-state index contributed by atoms with van der Waals surface area (Å²) in [5.74, 6) is 1.01. The molecule has 1 aliphatic heterocycles. The summed E-state index contributed by atoms with van der Waals surface area (Å²) >= 11 is 0. The topological polar surface area (TPSA) is 18.5 Å². The van der Waals surface area contributed by atoms with Crippen LogP contribution in [0.4, 0.5) is 0 Å². The molecule has 1 N–H and O–H groups in total. The highest BCUT2D eigenvalue weighted by Gasteiger charge is 2.20. The Morgan fingerprint density at radius 3 is 2.81 bits per heavy atom. The minimum atomic E-state index is 0.711. The summed E-state index contributed by atoms with van der Waals surface area (Å²) in [6.07, 6.45) is 5.70. The number of hydrogen-bond acceptors (Lipinski definition) is 3. The van der Waals surface area contributed by atoms with E-state index in [2.05, 4.69) is 29.2 Å². The first-order valence-corrected chi connectivity index (χ1v) is 6.84. The van der Waals surface area contributed by atoms with Crippen molar-refractivity contribution in [3.05, 3.63) is 0 Å². The maximum atomic E-state index is 3.62. The van der Waals surface area contributed by atoms with Crippen LogP contribution in [-0.4, -0.2) is 62.7 Å². The van der Waals surface area contributed by atoms with E-state index in [4.69, 9.17) is 0 Å². The van der Waals surface area contributed by atoms with Gasteiger partial charge in [-0.2, -0.15) is 0 Å². The predicted molar refractivity (Wildman–Crippen MR) is 68.7 cm³/mol. The number of piperazine rings is 1. The van der Waals surface area contributed by atoms with Gasteiger partial charge in [0.1, 0.15) is 0 Å². The minimum Gasteiger partial charge on any atom is -0.311 e. The number of hydrogen-bond donors (Lipinski definition) is 1. The third-order valence-electron chi connectivity index (χ3n) is 4.11. The van der Waals surface area contributed by atoms with E-state index >= 15 is 0 Å².